The second kappa shape index (κ2) is 4.41. The van der Waals surface area contributed by atoms with Crippen LogP contribution in [0.4, 0.5) is 5.69 Å². The summed E-state index contributed by atoms with van der Waals surface area (Å²) in [6, 6.07) is 6.45. The number of thiol groups is 1. The molecule has 0 saturated heterocycles. The van der Waals surface area contributed by atoms with E-state index in [1.807, 2.05) is 12.1 Å². The monoisotopic (exact) mass is 251 g/mol. The van der Waals surface area contributed by atoms with Gasteiger partial charge in [-0.05, 0) is 18.6 Å². The number of fused-ring (bicyclic) bond motifs is 1. The standard InChI is InChI=1S/C12H13NO3S/c1-7(17)11(14)13-9-5-3-2-4-8(9)6-10(13)12(15)16/h2-5,7,10,17H,6H2,1H3,(H,15,16)/t7-,10+/m0/s1. The van der Waals surface area contributed by atoms with Crippen molar-refractivity contribution in [3.63, 3.8) is 0 Å². The maximum absolute atomic E-state index is 12.0. The van der Waals surface area contributed by atoms with E-state index in [2.05, 4.69) is 12.6 Å². The Balaban J connectivity index is 2.44. The Morgan fingerprint density at radius 1 is 1.47 bits per heavy atom. The summed E-state index contributed by atoms with van der Waals surface area (Å²) in [5.74, 6) is -1.26. The van der Waals surface area contributed by atoms with E-state index < -0.39 is 17.3 Å². The molecule has 1 amide bonds. The van der Waals surface area contributed by atoms with Gasteiger partial charge in [0.2, 0.25) is 5.91 Å². The van der Waals surface area contributed by atoms with Gasteiger partial charge in [0, 0.05) is 12.1 Å². The van der Waals surface area contributed by atoms with Crippen molar-refractivity contribution in [3.05, 3.63) is 29.8 Å². The molecule has 17 heavy (non-hydrogen) atoms. The van der Waals surface area contributed by atoms with Crippen LogP contribution in [-0.2, 0) is 16.0 Å². The molecule has 0 saturated carbocycles. The van der Waals surface area contributed by atoms with Crippen molar-refractivity contribution in [1.82, 2.24) is 0 Å². The van der Waals surface area contributed by atoms with Gasteiger partial charge in [-0.25, -0.2) is 4.79 Å². The molecule has 0 aromatic heterocycles. The predicted molar refractivity (Wildman–Crippen MR) is 67.5 cm³/mol. The average Bonchev–Trinajstić information content (AvgIpc) is 2.67. The summed E-state index contributed by atoms with van der Waals surface area (Å²) in [4.78, 5) is 24.5. The third-order valence-electron chi connectivity index (χ3n) is 2.86. The van der Waals surface area contributed by atoms with Gasteiger partial charge in [0.1, 0.15) is 6.04 Å². The molecular weight excluding hydrogens is 238 g/mol. The van der Waals surface area contributed by atoms with Crippen LogP contribution < -0.4 is 4.90 Å². The lowest BCUT2D eigenvalue weighted by Gasteiger charge is -2.24. The summed E-state index contributed by atoms with van der Waals surface area (Å²) in [6.07, 6.45) is 0.359. The second-order valence-corrected chi connectivity index (χ2v) is 4.85. The van der Waals surface area contributed by atoms with E-state index >= 15 is 0 Å². The first-order chi connectivity index (χ1) is 8.02. The maximum Gasteiger partial charge on any atom is 0.327 e. The highest BCUT2D eigenvalue weighted by Gasteiger charge is 2.38. The molecule has 0 aliphatic carbocycles. The molecule has 1 aromatic carbocycles. The number of amides is 1. The smallest absolute Gasteiger partial charge is 0.327 e. The van der Waals surface area contributed by atoms with Crippen LogP contribution in [0.1, 0.15) is 12.5 Å². The molecule has 90 valence electrons. The number of rotatable bonds is 2. The number of aliphatic carboxylic acids is 1. The molecule has 1 aliphatic rings. The third-order valence-corrected chi connectivity index (χ3v) is 3.08. The van der Waals surface area contributed by atoms with Crippen LogP contribution in [0.15, 0.2) is 24.3 Å². The molecule has 2 atom stereocenters. The van der Waals surface area contributed by atoms with Gasteiger partial charge in [0.25, 0.3) is 0 Å². The number of carboxylic acid groups (broad SMARTS) is 1. The molecule has 5 heteroatoms. The van der Waals surface area contributed by atoms with Gasteiger partial charge in [-0.2, -0.15) is 12.6 Å². The van der Waals surface area contributed by atoms with Crippen molar-refractivity contribution in [3.8, 4) is 0 Å². The van der Waals surface area contributed by atoms with E-state index in [4.69, 9.17) is 5.11 Å². The normalized spacial score (nSPS) is 19.9. The van der Waals surface area contributed by atoms with Crippen molar-refractivity contribution in [2.75, 3.05) is 4.90 Å². The lowest BCUT2D eigenvalue weighted by atomic mass is 10.1. The largest absolute Gasteiger partial charge is 0.480 e. The number of hydrogen-bond acceptors (Lipinski definition) is 3. The van der Waals surface area contributed by atoms with Crippen LogP contribution in [-0.4, -0.2) is 28.3 Å². The molecule has 1 heterocycles. The number of para-hydroxylation sites is 1. The number of carbonyl (C=O) groups excluding carboxylic acids is 1. The van der Waals surface area contributed by atoms with Gasteiger partial charge in [0.05, 0.1) is 5.25 Å². The zero-order valence-corrected chi connectivity index (χ0v) is 10.2. The van der Waals surface area contributed by atoms with Gasteiger partial charge in [-0.15, -0.1) is 0 Å². The molecule has 0 unspecified atom stereocenters. The predicted octanol–water partition coefficient (Wildman–Crippen LogP) is 1.35. The molecule has 1 aromatic rings. The first-order valence-corrected chi connectivity index (χ1v) is 5.86. The van der Waals surface area contributed by atoms with E-state index in [0.29, 0.717) is 12.1 Å². The topological polar surface area (TPSA) is 57.6 Å². The molecule has 0 radical (unpaired) electrons. The summed E-state index contributed by atoms with van der Waals surface area (Å²) in [5.41, 5.74) is 1.58. The van der Waals surface area contributed by atoms with Crippen molar-refractivity contribution in [2.45, 2.75) is 24.6 Å². The quantitative estimate of drug-likeness (QED) is 0.780. The summed E-state index contributed by atoms with van der Waals surface area (Å²) < 4.78 is 0. The average molecular weight is 251 g/mol. The van der Waals surface area contributed by atoms with Crippen LogP contribution in [0.25, 0.3) is 0 Å². The first kappa shape index (κ1) is 12.0. The van der Waals surface area contributed by atoms with Crippen LogP contribution in [0, 0.1) is 0 Å². The number of hydrogen-bond donors (Lipinski definition) is 2. The summed E-state index contributed by atoms with van der Waals surface area (Å²) in [5, 5.41) is 8.66. The fourth-order valence-corrected chi connectivity index (χ4v) is 2.18. The third kappa shape index (κ3) is 2.02. The lowest BCUT2D eigenvalue weighted by Crippen LogP contribution is -2.45. The fraction of sp³-hybridized carbons (Fsp3) is 0.333. The highest BCUT2D eigenvalue weighted by molar-refractivity contribution is 7.81. The Hall–Kier alpha value is -1.49. The van der Waals surface area contributed by atoms with Crippen LogP contribution in [0.5, 0.6) is 0 Å². The minimum absolute atomic E-state index is 0.273. The zero-order valence-electron chi connectivity index (χ0n) is 9.33. The van der Waals surface area contributed by atoms with Gasteiger partial charge in [-0.3, -0.25) is 9.69 Å². The first-order valence-electron chi connectivity index (χ1n) is 5.34. The van der Waals surface area contributed by atoms with Gasteiger partial charge >= 0.3 is 5.97 Å². The minimum Gasteiger partial charge on any atom is -0.480 e. The number of anilines is 1. The number of nitrogens with zero attached hydrogens (tertiary/aromatic N) is 1. The van der Waals surface area contributed by atoms with E-state index in [1.54, 1.807) is 19.1 Å². The van der Waals surface area contributed by atoms with E-state index in [1.165, 1.54) is 4.90 Å². The van der Waals surface area contributed by atoms with E-state index in [0.717, 1.165) is 5.56 Å². The minimum atomic E-state index is -0.983. The Labute approximate surface area is 105 Å². The summed E-state index contributed by atoms with van der Waals surface area (Å²) in [7, 11) is 0. The molecular formula is C12H13NO3S. The second-order valence-electron chi connectivity index (χ2n) is 4.07. The molecule has 1 aliphatic heterocycles. The van der Waals surface area contributed by atoms with Crippen molar-refractivity contribution >= 4 is 30.2 Å². The Morgan fingerprint density at radius 2 is 2.12 bits per heavy atom. The number of carbonyl (C=O) groups is 2. The van der Waals surface area contributed by atoms with Gasteiger partial charge in [-0.1, -0.05) is 18.2 Å². The maximum atomic E-state index is 12.0. The Bertz CT molecular complexity index is 473. The van der Waals surface area contributed by atoms with Crippen molar-refractivity contribution < 1.29 is 14.7 Å². The highest BCUT2D eigenvalue weighted by Crippen LogP contribution is 2.33. The Kier molecular flexibility index (Phi) is 3.11. The molecule has 0 spiro atoms. The van der Waals surface area contributed by atoms with Gasteiger partial charge < -0.3 is 5.11 Å². The number of benzene rings is 1. The molecule has 0 bridgehead atoms. The summed E-state index contributed by atoms with van der Waals surface area (Å²) in [6.45, 7) is 1.64. The van der Waals surface area contributed by atoms with Gasteiger partial charge in [0.15, 0.2) is 0 Å². The number of carboxylic acids is 1. The van der Waals surface area contributed by atoms with Crippen LogP contribution in [0.2, 0.25) is 0 Å². The van der Waals surface area contributed by atoms with Crippen LogP contribution in [0.3, 0.4) is 0 Å². The van der Waals surface area contributed by atoms with E-state index in [-0.39, 0.29) is 5.91 Å². The summed E-state index contributed by atoms with van der Waals surface area (Å²) >= 11 is 4.08. The molecule has 4 nitrogen and oxygen atoms in total. The van der Waals surface area contributed by atoms with Crippen LogP contribution >= 0.6 is 12.6 Å². The zero-order chi connectivity index (χ0) is 12.6. The Morgan fingerprint density at radius 3 is 2.71 bits per heavy atom. The molecule has 1 N–H and O–H groups in total. The van der Waals surface area contributed by atoms with E-state index in [9.17, 15) is 9.59 Å². The lowest BCUT2D eigenvalue weighted by molar-refractivity contribution is -0.139. The van der Waals surface area contributed by atoms with Crippen molar-refractivity contribution in [2.24, 2.45) is 0 Å². The molecule has 2 rings (SSSR count). The SMILES string of the molecule is C[C@H](S)C(=O)N1c2ccccc2C[C@@H]1C(=O)O. The van der Waals surface area contributed by atoms with Crippen molar-refractivity contribution in [1.29, 1.82) is 0 Å². The fourth-order valence-electron chi connectivity index (χ4n) is 2.06. The highest BCUT2D eigenvalue weighted by atomic mass is 32.1. The molecule has 0 fully saturated rings.